The number of piperidine rings is 1. The molecule has 4 rings (SSSR count). The number of aliphatic hydroxyl groups is 1. The normalized spacial score (nSPS) is 19.6. The second-order valence-electron chi connectivity index (χ2n) is 9.84. The zero-order chi connectivity index (χ0) is 28.9. The molecule has 0 aromatic carbocycles. The van der Waals surface area contributed by atoms with Crippen LogP contribution in [0.1, 0.15) is 64.4 Å². The minimum atomic E-state index is -4.53. The van der Waals surface area contributed by atoms with E-state index in [2.05, 4.69) is 32.2 Å². The summed E-state index contributed by atoms with van der Waals surface area (Å²) in [6.07, 6.45) is -1.67. The molecule has 0 bridgehead atoms. The Labute approximate surface area is 229 Å². The van der Waals surface area contributed by atoms with E-state index in [0.717, 1.165) is 30.8 Å². The van der Waals surface area contributed by atoms with E-state index in [1.165, 1.54) is 18.5 Å². The lowest BCUT2D eigenvalue weighted by molar-refractivity contribution is -0.164. The van der Waals surface area contributed by atoms with Crippen molar-refractivity contribution in [3.8, 4) is 0 Å². The van der Waals surface area contributed by atoms with Gasteiger partial charge in [-0.15, -0.1) is 0 Å². The van der Waals surface area contributed by atoms with E-state index < -0.39 is 30.6 Å². The molecule has 0 unspecified atom stereocenters. The Kier molecular flexibility index (Phi) is 9.74. The summed E-state index contributed by atoms with van der Waals surface area (Å²) in [5.41, 5.74) is 0.497. The van der Waals surface area contributed by atoms with Crippen molar-refractivity contribution in [2.75, 3.05) is 36.7 Å². The molecule has 4 atom stereocenters. The van der Waals surface area contributed by atoms with E-state index in [-0.39, 0.29) is 48.4 Å². The van der Waals surface area contributed by atoms with Crippen molar-refractivity contribution in [1.29, 1.82) is 0 Å². The van der Waals surface area contributed by atoms with Crippen LogP contribution in [0.15, 0.2) is 24.5 Å². The molecule has 4 heterocycles. The number of hydrogen-bond acceptors (Lipinski definition) is 9. The molecule has 0 amide bonds. The predicted octanol–water partition coefficient (Wildman–Crippen LogP) is 5.24. The number of unbranched alkanes of at least 4 members (excludes halogenated alkanes) is 2. The van der Waals surface area contributed by atoms with Crippen LogP contribution in [0.2, 0.25) is 0 Å². The zero-order valence-electron chi connectivity index (χ0n) is 22.7. The number of halogens is 4. The fraction of sp³-hybridized carbons (Fsp3) is 0.615. The lowest BCUT2D eigenvalue weighted by Crippen LogP contribution is -2.45. The molecule has 10 nitrogen and oxygen atoms in total. The summed E-state index contributed by atoms with van der Waals surface area (Å²) >= 11 is 0. The minimum Gasteiger partial charge on any atom is -0.390 e. The van der Waals surface area contributed by atoms with Gasteiger partial charge in [0, 0.05) is 25.4 Å². The predicted molar refractivity (Wildman–Crippen MR) is 141 cm³/mol. The Balaban J connectivity index is 1.56. The van der Waals surface area contributed by atoms with Crippen molar-refractivity contribution < 1.29 is 32.1 Å². The Hall–Kier alpha value is -3.10. The third-order valence-electron chi connectivity index (χ3n) is 6.81. The van der Waals surface area contributed by atoms with Gasteiger partial charge in [0.05, 0.1) is 24.4 Å². The minimum absolute atomic E-state index is 0.0455. The molecule has 0 saturated carbocycles. The van der Waals surface area contributed by atoms with Gasteiger partial charge in [0.25, 0.3) is 0 Å². The molecule has 1 saturated heterocycles. The van der Waals surface area contributed by atoms with Crippen LogP contribution in [-0.2, 0) is 9.47 Å². The smallest absolute Gasteiger partial charge is 0.390 e. The van der Waals surface area contributed by atoms with Gasteiger partial charge in [0.15, 0.2) is 0 Å². The van der Waals surface area contributed by atoms with Crippen LogP contribution in [-0.4, -0.2) is 74.6 Å². The summed E-state index contributed by atoms with van der Waals surface area (Å²) < 4.78 is 68.0. The molecule has 0 aliphatic carbocycles. The first-order valence-electron chi connectivity index (χ1n) is 13.4. The lowest BCUT2D eigenvalue weighted by atomic mass is 10.1. The molecule has 0 radical (unpaired) electrons. The molecule has 220 valence electrons. The highest BCUT2D eigenvalue weighted by molar-refractivity contribution is 5.79. The van der Waals surface area contributed by atoms with Crippen molar-refractivity contribution >= 4 is 28.6 Å². The lowest BCUT2D eigenvalue weighted by Gasteiger charge is -2.32. The Morgan fingerprint density at radius 1 is 1.18 bits per heavy atom. The van der Waals surface area contributed by atoms with Gasteiger partial charge in [0.1, 0.15) is 48.1 Å². The molecule has 3 aromatic rings. The maximum absolute atomic E-state index is 14.0. The van der Waals surface area contributed by atoms with Gasteiger partial charge in [-0.1, -0.05) is 19.8 Å². The molecule has 40 heavy (non-hydrogen) atoms. The number of nitrogens with one attached hydrogen (secondary N) is 1. The summed E-state index contributed by atoms with van der Waals surface area (Å²) in [7, 11) is 0. The number of hydrogen-bond donors (Lipinski definition) is 2. The van der Waals surface area contributed by atoms with Crippen LogP contribution in [0.3, 0.4) is 0 Å². The quantitative estimate of drug-likeness (QED) is 0.172. The van der Waals surface area contributed by atoms with Gasteiger partial charge >= 0.3 is 6.18 Å². The third kappa shape index (κ3) is 7.15. The SMILES string of the molecule is CCCCCOCO[C@H](C)c1nc2cnc(Nc3ccnc(N4CC[C@H](O)[C@H](F)C4)n3)cc2n1[C@@H](C)C(F)(F)F. The number of nitrogens with zero attached hydrogens (tertiary/aromatic N) is 6. The molecule has 1 aliphatic rings. The van der Waals surface area contributed by atoms with Crippen molar-refractivity contribution in [2.45, 2.75) is 77.1 Å². The topological polar surface area (TPSA) is 110 Å². The van der Waals surface area contributed by atoms with Crippen LogP contribution >= 0.6 is 0 Å². The molecular formula is C26H35F4N7O3. The highest BCUT2D eigenvalue weighted by Crippen LogP contribution is 2.36. The number of fused-ring (bicyclic) bond motifs is 1. The van der Waals surface area contributed by atoms with E-state index in [1.807, 2.05) is 0 Å². The van der Waals surface area contributed by atoms with Crippen molar-refractivity contribution in [2.24, 2.45) is 0 Å². The van der Waals surface area contributed by atoms with Crippen LogP contribution in [0, 0.1) is 0 Å². The van der Waals surface area contributed by atoms with E-state index >= 15 is 0 Å². The highest BCUT2D eigenvalue weighted by atomic mass is 19.4. The van der Waals surface area contributed by atoms with E-state index in [4.69, 9.17) is 9.47 Å². The molecule has 2 N–H and O–H groups in total. The summed E-state index contributed by atoms with van der Waals surface area (Å²) in [6, 6.07) is 1.16. The molecule has 1 fully saturated rings. The fourth-order valence-corrected chi connectivity index (χ4v) is 4.44. The van der Waals surface area contributed by atoms with Crippen molar-refractivity contribution in [3.63, 3.8) is 0 Å². The number of aromatic nitrogens is 5. The first-order chi connectivity index (χ1) is 19.1. The summed E-state index contributed by atoms with van der Waals surface area (Å²) in [5, 5.41) is 12.6. The van der Waals surface area contributed by atoms with Gasteiger partial charge in [-0.05, 0) is 32.8 Å². The average Bonchev–Trinajstić information content (AvgIpc) is 3.30. The van der Waals surface area contributed by atoms with Crippen LogP contribution in [0.4, 0.5) is 35.1 Å². The highest BCUT2D eigenvalue weighted by Gasteiger charge is 2.40. The molecule has 14 heteroatoms. The monoisotopic (exact) mass is 569 g/mol. The fourth-order valence-electron chi connectivity index (χ4n) is 4.44. The standard InChI is InChI=1S/C26H35F4N7O3/c1-4-5-6-11-39-15-40-16(2)24-33-19-13-32-23(12-20(19)37(24)17(3)26(28,29)30)34-22-7-9-31-25(35-22)36-10-8-21(38)18(27)14-36/h7,9,12-13,16-18,21,38H,4-6,8,10-11,14-15H2,1-3H3,(H,31,32,34,35)/t16-,17+,18-,21+/m1/s1. The Morgan fingerprint density at radius 2 is 1.98 bits per heavy atom. The molecule has 0 spiro atoms. The second-order valence-corrected chi connectivity index (χ2v) is 9.84. The Bertz CT molecular complexity index is 1260. The number of aliphatic hydroxyl groups excluding tert-OH is 1. The van der Waals surface area contributed by atoms with Crippen molar-refractivity contribution in [1.82, 2.24) is 24.5 Å². The summed E-state index contributed by atoms with van der Waals surface area (Å²) in [5.74, 6) is 0.935. The number of imidazole rings is 1. The van der Waals surface area contributed by atoms with E-state index in [9.17, 15) is 22.7 Å². The van der Waals surface area contributed by atoms with E-state index in [1.54, 1.807) is 17.9 Å². The van der Waals surface area contributed by atoms with Gasteiger partial charge < -0.3 is 29.4 Å². The van der Waals surface area contributed by atoms with Gasteiger partial charge in [-0.25, -0.2) is 19.3 Å². The number of anilines is 3. The molecule has 1 aliphatic heterocycles. The first kappa shape index (κ1) is 29.9. The molecule has 3 aromatic heterocycles. The Morgan fingerprint density at radius 3 is 2.70 bits per heavy atom. The first-order valence-corrected chi connectivity index (χ1v) is 13.4. The van der Waals surface area contributed by atoms with Crippen LogP contribution in [0.5, 0.6) is 0 Å². The largest absolute Gasteiger partial charge is 0.408 e. The second kappa shape index (κ2) is 13.0. The number of ether oxygens (including phenoxy) is 2. The van der Waals surface area contributed by atoms with Gasteiger partial charge in [0.2, 0.25) is 5.95 Å². The number of pyridine rings is 1. The van der Waals surface area contributed by atoms with Crippen molar-refractivity contribution in [3.05, 3.63) is 30.4 Å². The molecular weight excluding hydrogens is 534 g/mol. The average molecular weight is 570 g/mol. The number of alkyl halides is 4. The number of rotatable bonds is 12. The summed E-state index contributed by atoms with van der Waals surface area (Å²) in [4.78, 5) is 18.9. The van der Waals surface area contributed by atoms with E-state index in [0.29, 0.717) is 19.0 Å². The summed E-state index contributed by atoms with van der Waals surface area (Å²) in [6.45, 7) is 5.56. The van der Waals surface area contributed by atoms with Gasteiger partial charge in [-0.3, -0.25) is 0 Å². The van der Waals surface area contributed by atoms with Crippen LogP contribution < -0.4 is 10.2 Å². The zero-order valence-corrected chi connectivity index (χ0v) is 22.7. The maximum Gasteiger partial charge on any atom is 0.408 e. The maximum atomic E-state index is 14.0. The third-order valence-corrected chi connectivity index (χ3v) is 6.81. The van der Waals surface area contributed by atoms with Crippen LogP contribution in [0.25, 0.3) is 11.0 Å². The van der Waals surface area contributed by atoms with Gasteiger partial charge in [-0.2, -0.15) is 18.2 Å².